The fraction of sp³-hybridized carbons (Fsp3) is 0.308. The van der Waals surface area contributed by atoms with Gasteiger partial charge in [-0.25, -0.2) is 4.98 Å². The number of nitrogens with zero attached hydrogens (tertiary/aromatic N) is 2. The molecule has 4 heteroatoms. The minimum Gasteiger partial charge on any atom is -0.377 e. The quantitative estimate of drug-likeness (QED) is 0.897. The lowest BCUT2D eigenvalue weighted by molar-refractivity contribution is 0.888. The van der Waals surface area contributed by atoms with Gasteiger partial charge in [0.05, 0.1) is 11.9 Å². The fourth-order valence-electron chi connectivity index (χ4n) is 1.59. The standard InChI is InChI=1S/C13H17N3S/c1-10(11-6-7-17-9-11)15-12-4-5-13(14-8-12)16(2)3/h4-10,15H,1-3H3. The Labute approximate surface area is 106 Å². The van der Waals surface area contributed by atoms with Gasteiger partial charge < -0.3 is 10.2 Å². The van der Waals surface area contributed by atoms with Crippen LogP contribution in [-0.2, 0) is 0 Å². The van der Waals surface area contributed by atoms with Gasteiger partial charge in [-0.2, -0.15) is 11.3 Å². The molecule has 17 heavy (non-hydrogen) atoms. The van der Waals surface area contributed by atoms with E-state index in [9.17, 15) is 0 Å². The second-order valence-corrected chi connectivity index (χ2v) is 5.00. The van der Waals surface area contributed by atoms with Crippen LogP contribution in [0.15, 0.2) is 35.2 Å². The van der Waals surface area contributed by atoms with Gasteiger partial charge in [-0.1, -0.05) is 0 Å². The molecule has 0 aliphatic heterocycles. The van der Waals surface area contributed by atoms with Crippen molar-refractivity contribution in [3.63, 3.8) is 0 Å². The molecule has 1 N–H and O–H groups in total. The molecule has 2 heterocycles. The molecule has 0 aliphatic rings. The highest BCUT2D eigenvalue weighted by Gasteiger charge is 2.05. The number of hydrogen-bond donors (Lipinski definition) is 1. The smallest absolute Gasteiger partial charge is 0.128 e. The van der Waals surface area contributed by atoms with E-state index in [2.05, 4.69) is 40.1 Å². The Morgan fingerprint density at radius 2 is 2.12 bits per heavy atom. The van der Waals surface area contributed by atoms with Crippen LogP contribution >= 0.6 is 11.3 Å². The van der Waals surface area contributed by atoms with Crippen molar-refractivity contribution in [3.8, 4) is 0 Å². The van der Waals surface area contributed by atoms with Crippen LogP contribution in [0.4, 0.5) is 11.5 Å². The minimum absolute atomic E-state index is 0.313. The van der Waals surface area contributed by atoms with Crippen molar-refractivity contribution < 1.29 is 0 Å². The zero-order valence-electron chi connectivity index (χ0n) is 10.3. The zero-order chi connectivity index (χ0) is 12.3. The number of rotatable bonds is 4. The highest BCUT2D eigenvalue weighted by Crippen LogP contribution is 2.21. The average Bonchev–Trinajstić information content (AvgIpc) is 2.83. The molecule has 0 radical (unpaired) electrons. The molecular weight excluding hydrogens is 230 g/mol. The van der Waals surface area contributed by atoms with Gasteiger partial charge in [0.15, 0.2) is 0 Å². The van der Waals surface area contributed by atoms with E-state index in [1.54, 1.807) is 11.3 Å². The minimum atomic E-state index is 0.313. The summed E-state index contributed by atoms with van der Waals surface area (Å²) in [5.41, 5.74) is 2.36. The van der Waals surface area contributed by atoms with Gasteiger partial charge in [-0.15, -0.1) is 0 Å². The zero-order valence-corrected chi connectivity index (χ0v) is 11.2. The van der Waals surface area contributed by atoms with Crippen molar-refractivity contribution in [1.29, 1.82) is 0 Å². The van der Waals surface area contributed by atoms with Gasteiger partial charge in [0.2, 0.25) is 0 Å². The molecule has 1 atom stereocenters. The third-order valence-corrected chi connectivity index (χ3v) is 3.33. The summed E-state index contributed by atoms with van der Waals surface area (Å²) in [7, 11) is 3.98. The maximum atomic E-state index is 4.38. The van der Waals surface area contributed by atoms with E-state index >= 15 is 0 Å². The Morgan fingerprint density at radius 3 is 2.65 bits per heavy atom. The van der Waals surface area contributed by atoms with Gasteiger partial charge in [0.1, 0.15) is 5.82 Å². The average molecular weight is 247 g/mol. The predicted octanol–water partition coefficient (Wildman–Crippen LogP) is 3.38. The number of pyridine rings is 1. The second-order valence-electron chi connectivity index (χ2n) is 4.22. The fourth-order valence-corrected chi connectivity index (χ4v) is 2.34. The number of anilines is 2. The van der Waals surface area contributed by atoms with Gasteiger partial charge in [-0.05, 0) is 41.4 Å². The highest BCUT2D eigenvalue weighted by molar-refractivity contribution is 7.07. The normalized spacial score (nSPS) is 12.2. The van der Waals surface area contributed by atoms with Gasteiger partial charge in [0.25, 0.3) is 0 Å². The van der Waals surface area contributed by atoms with Crippen LogP contribution in [-0.4, -0.2) is 19.1 Å². The van der Waals surface area contributed by atoms with Gasteiger partial charge >= 0.3 is 0 Å². The Bertz CT molecular complexity index is 448. The molecule has 0 amide bonds. The molecule has 0 saturated carbocycles. The van der Waals surface area contributed by atoms with Crippen LogP contribution in [0.3, 0.4) is 0 Å². The van der Waals surface area contributed by atoms with Crippen molar-refractivity contribution in [2.75, 3.05) is 24.3 Å². The maximum absolute atomic E-state index is 4.38. The molecule has 90 valence electrons. The summed E-state index contributed by atoms with van der Waals surface area (Å²) < 4.78 is 0. The lowest BCUT2D eigenvalue weighted by Crippen LogP contribution is -2.11. The Hall–Kier alpha value is -1.55. The summed E-state index contributed by atoms with van der Waals surface area (Å²) >= 11 is 1.72. The van der Waals surface area contributed by atoms with E-state index < -0.39 is 0 Å². The van der Waals surface area contributed by atoms with E-state index in [4.69, 9.17) is 0 Å². The van der Waals surface area contributed by atoms with E-state index in [-0.39, 0.29) is 0 Å². The van der Waals surface area contributed by atoms with Crippen LogP contribution in [0.1, 0.15) is 18.5 Å². The van der Waals surface area contributed by atoms with Crippen LogP contribution in [0.25, 0.3) is 0 Å². The summed E-state index contributed by atoms with van der Waals surface area (Å²) in [6.45, 7) is 2.15. The number of hydrogen-bond acceptors (Lipinski definition) is 4. The second kappa shape index (κ2) is 5.19. The lowest BCUT2D eigenvalue weighted by Gasteiger charge is -2.15. The summed E-state index contributed by atoms with van der Waals surface area (Å²) in [6.07, 6.45) is 1.87. The molecule has 1 unspecified atom stereocenters. The molecule has 0 aliphatic carbocycles. The summed E-state index contributed by atoms with van der Waals surface area (Å²) in [6, 6.07) is 6.53. The molecule has 0 saturated heterocycles. The molecule has 0 spiro atoms. The first-order valence-electron chi connectivity index (χ1n) is 5.59. The first-order chi connectivity index (χ1) is 8.16. The predicted molar refractivity (Wildman–Crippen MR) is 74.9 cm³/mol. The summed E-state index contributed by atoms with van der Waals surface area (Å²) in [4.78, 5) is 6.37. The van der Waals surface area contributed by atoms with Crippen molar-refractivity contribution in [2.45, 2.75) is 13.0 Å². The Morgan fingerprint density at radius 1 is 1.29 bits per heavy atom. The van der Waals surface area contributed by atoms with Crippen LogP contribution in [0, 0.1) is 0 Å². The SMILES string of the molecule is CC(Nc1ccc(N(C)C)nc1)c1ccsc1. The molecule has 0 aromatic carbocycles. The number of thiophene rings is 1. The first kappa shape index (κ1) is 11.9. The van der Waals surface area contributed by atoms with Crippen molar-refractivity contribution in [3.05, 3.63) is 40.7 Å². The molecule has 2 rings (SSSR count). The molecule has 2 aromatic heterocycles. The van der Waals surface area contributed by atoms with Crippen LogP contribution in [0.5, 0.6) is 0 Å². The molecular formula is C13H17N3S. The van der Waals surface area contributed by atoms with Crippen molar-refractivity contribution >= 4 is 22.8 Å². The number of nitrogens with one attached hydrogen (secondary N) is 1. The van der Waals surface area contributed by atoms with E-state index in [1.807, 2.05) is 31.3 Å². The van der Waals surface area contributed by atoms with Gasteiger partial charge in [0, 0.05) is 20.1 Å². The van der Waals surface area contributed by atoms with Crippen molar-refractivity contribution in [2.24, 2.45) is 0 Å². The molecule has 3 nitrogen and oxygen atoms in total. The monoisotopic (exact) mass is 247 g/mol. The highest BCUT2D eigenvalue weighted by atomic mass is 32.1. The Balaban J connectivity index is 2.04. The number of aromatic nitrogens is 1. The first-order valence-corrected chi connectivity index (χ1v) is 6.53. The molecule has 2 aromatic rings. The van der Waals surface area contributed by atoms with Gasteiger partial charge in [-0.3, -0.25) is 0 Å². The lowest BCUT2D eigenvalue weighted by atomic mass is 10.2. The van der Waals surface area contributed by atoms with E-state index in [0.717, 1.165) is 11.5 Å². The van der Waals surface area contributed by atoms with E-state index in [1.165, 1.54) is 5.56 Å². The van der Waals surface area contributed by atoms with Crippen LogP contribution < -0.4 is 10.2 Å². The summed E-state index contributed by atoms with van der Waals surface area (Å²) in [5, 5.41) is 7.70. The third-order valence-electron chi connectivity index (χ3n) is 2.63. The summed E-state index contributed by atoms with van der Waals surface area (Å²) in [5.74, 6) is 0.971. The topological polar surface area (TPSA) is 28.2 Å². The molecule has 0 bridgehead atoms. The van der Waals surface area contributed by atoms with Crippen molar-refractivity contribution in [1.82, 2.24) is 4.98 Å². The van der Waals surface area contributed by atoms with Crippen LogP contribution in [0.2, 0.25) is 0 Å². The maximum Gasteiger partial charge on any atom is 0.128 e. The molecule has 0 fully saturated rings. The Kier molecular flexibility index (Phi) is 3.64. The largest absolute Gasteiger partial charge is 0.377 e. The van der Waals surface area contributed by atoms with E-state index in [0.29, 0.717) is 6.04 Å². The third kappa shape index (κ3) is 2.97.